The number of aryl methyl sites for hydroxylation is 1. The molecule has 0 fully saturated rings. The number of anilines is 1. The average molecular weight is 288 g/mol. The lowest BCUT2D eigenvalue weighted by Gasteiger charge is -2.08. The fourth-order valence-electron chi connectivity index (χ4n) is 1.93. The van der Waals surface area contributed by atoms with Gasteiger partial charge in [-0.3, -0.25) is 0 Å². The summed E-state index contributed by atoms with van der Waals surface area (Å²) >= 11 is 1.73. The van der Waals surface area contributed by atoms with Crippen molar-refractivity contribution in [1.29, 1.82) is 0 Å². The third-order valence-electron chi connectivity index (χ3n) is 2.88. The van der Waals surface area contributed by atoms with E-state index >= 15 is 0 Å². The number of hydrogen-bond acceptors (Lipinski definition) is 4. The van der Waals surface area contributed by atoms with E-state index in [9.17, 15) is 0 Å². The Labute approximate surface area is 124 Å². The summed E-state index contributed by atoms with van der Waals surface area (Å²) in [6.07, 6.45) is 1.83. The van der Waals surface area contributed by atoms with Crippen LogP contribution in [0.1, 0.15) is 16.7 Å². The van der Waals surface area contributed by atoms with E-state index in [4.69, 9.17) is 5.11 Å². The number of pyridine rings is 1. The number of rotatable bonds is 7. The van der Waals surface area contributed by atoms with E-state index in [1.54, 1.807) is 11.8 Å². The monoisotopic (exact) mass is 288 g/mol. The smallest absolute Gasteiger partial charge is 0.126 e. The van der Waals surface area contributed by atoms with Gasteiger partial charge in [0.15, 0.2) is 0 Å². The quantitative estimate of drug-likeness (QED) is 0.768. The van der Waals surface area contributed by atoms with Gasteiger partial charge in [-0.2, -0.15) is 11.8 Å². The molecule has 4 heteroatoms. The zero-order chi connectivity index (χ0) is 14.2. The number of nitrogens with one attached hydrogen (secondary N) is 1. The summed E-state index contributed by atoms with van der Waals surface area (Å²) in [5.74, 6) is 2.57. The Hall–Kier alpha value is -1.52. The van der Waals surface area contributed by atoms with Crippen molar-refractivity contribution in [3.05, 3.63) is 59.3 Å². The van der Waals surface area contributed by atoms with Gasteiger partial charge in [0.1, 0.15) is 5.82 Å². The molecule has 0 radical (unpaired) electrons. The van der Waals surface area contributed by atoms with Crippen LogP contribution in [0.4, 0.5) is 5.82 Å². The predicted molar refractivity (Wildman–Crippen MR) is 86.0 cm³/mol. The van der Waals surface area contributed by atoms with Gasteiger partial charge in [0.05, 0.1) is 6.61 Å². The summed E-state index contributed by atoms with van der Waals surface area (Å²) in [7, 11) is 0. The number of aliphatic hydroxyl groups is 1. The van der Waals surface area contributed by atoms with Crippen molar-refractivity contribution in [2.75, 3.05) is 17.7 Å². The average Bonchev–Trinajstić information content (AvgIpc) is 2.46. The minimum absolute atomic E-state index is 0.230. The van der Waals surface area contributed by atoms with E-state index in [-0.39, 0.29) is 6.61 Å². The Bertz CT molecular complexity index is 546. The van der Waals surface area contributed by atoms with Crippen LogP contribution in [0, 0.1) is 6.92 Å². The van der Waals surface area contributed by atoms with E-state index in [0.29, 0.717) is 0 Å². The molecule has 2 rings (SSSR count). The summed E-state index contributed by atoms with van der Waals surface area (Å²) in [4.78, 5) is 4.34. The summed E-state index contributed by atoms with van der Waals surface area (Å²) in [5.41, 5.74) is 3.75. The first-order chi connectivity index (χ1) is 9.78. The third-order valence-corrected chi connectivity index (χ3v) is 3.89. The van der Waals surface area contributed by atoms with Gasteiger partial charge in [-0.15, -0.1) is 0 Å². The highest BCUT2D eigenvalue weighted by molar-refractivity contribution is 7.98. The highest BCUT2D eigenvalue weighted by atomic mass is 32.2. The first kappa shape index (κ1) is 14.9. The number of benzene rings is 1. The maximum atomic E-state index is 8.79. The van der Waals surface area contributed by atoms with Crippen molar-refractivity contribution in [1.82, 2.24) is 4.98 Å². The second-order valence-electron chi connectivity index (χ2n) is 4.67. The van der Waals surface area contributed by atoms with Gasteiger partial charge < -0.3 is 10.4 Å². The molecule has 1 aromatic carbocycles. The molecule has 3 nitrogen and oxygen atoms in total. The van der Waals surface area contributed by atoms with Crippen LogP contribution in [0.3, 0.4) is 0 Å². The number of aromatic nitrogens is 1. The SMILES string of the molecule is Cc1cccc(CNc2cc(CSCCO)ccn2)c1. The molecule has 0 aliphatic carbocycles. The minimum atomic E-state index is 0.230. The normalized spacial score (nSPS) is 10.5. The van der Waals surface area contributed by atoms with E-state index < -0.39 is 0 Å². The minimum Gasteiger partial charge on any atom is -0.396 e. The lowest BCUT2D eigenvalue weighted by Crippen LogP contribution is -2.02. The number of thioether (sulfide) groups is 1. The van der Waals surface area contributed by atoms with Crippen LogP contribution in [0.15, 0.2) is 42.6 Å². The van der Waals surface area contributed by atoms with Gasteiger partial charge in [-0.05, 0) is 30.2 Å². The van der Waals surface area contributed by atoms with Crippen molar-refractivity contribution < 1.29 is 5.11 Å². The van der Waals surface area contributed by atoms with E-state index in [2.05, 4.69) is 47.6 Å². The molecule has 2 N–H and O–H groups in total. The summed E-state index contributed by atoms with van der Waals surface area (Å²) in [6, 6.07) is 12.5. The molecular weight excluding hydrogens is 268 g/mol. The van der Waals surface area contributed by atoms with Gasteiger partial charge in [-0.1, -0.05) is 29.8 Å². The second-order valence-corrected chi connectivity index (χ2v) is 5.77. The highest BCUT2D eigenvalue weighted by Gasteiger charge is 1.99. The number of hydrogen-bond donors (Lipinski definition) is 2. The van der Waals surface area contributed by atoms with Crippen molar-refractivity contribution in [2.24, 2.45) is 0 Å². The number of nitrogens with zero attached hydrogens (tertiary/aromatic N) is 1. The standard InChI is InChI=1S/C16H20N2OS/c1-13-3-2-4-14(9-13)11-18-16-10-15(5-6-17-16)12-20-8-7-19/h2-6,9-10,19H,7-8,11-12H2,1H3,(H,17,18). The zero-order valence-electron chi connectivity index (χ0n) is 11.7. The van der Waals surface area contributed by atoms with Crippen LogP contribution in [-0.4, -0.2) is 22.5 Å². The van der Waals surface area contributed by atoms with Crippen molar-refractivity contribution in [3.63, 3.8) is 0 Å². The van der Waals surface area contributed by atoms with Gasteiger partial charge in [0.25, 0.3) is 0 Å². The number of aliphatic hydroxyl groups excluding tert-OH is 1. The van der Waals surface area contributed by atoms with E-state index in [1.165, 1.54) is 16.7 Å². The van der Waals surface area contributed by atoms with Crippen LogP contribution in [0.5, 0.6) is 0 Å². The molecule has 0 bridgehead atoms. The van der Waals surface area contributed by atoms with Crippen LogP contribution < -0.4 is 5.32 Å². The largest absolute Gasteiger partial charge is 0.396 e. The second kappa shape index (κ2) is 7.92. The summed E-state index contributed by atoms with van der Waals surface area (Å²) in [5, 5.41) is 12.1. The van der Waals surface area contributed by atoms with E-state index in [0.717, 1.165) is 23.9 Å². The first-order valence-corrected chi connectivity index (χ1v) is 7.86. The summed E-state index contributed by atoms with van der Waals surface area (Å²) < 4.78 is 0. The molecule has 106 valence electrons. The molecule has 0 unspecified atom stereocenters. The molecule has 20 heavy (non-hydrogen) atoms. The first-order valence-electron chi connectivity index (χ1n) is 6.71. The summed E-state index contributed by atoms with van der Waals surface area (Å²) in [6.45, 7) is 3.11. The molecule has 0 amide bonds. The molecular formula is C16H20N2OS. The van der Waals surface area contributed by atoms with Crippen LogP contribution in [0.25, 0.3) is 0 Å². The Morgan fingerprint density at radius 3 is 2.90 bits per heavy atom. The Morgan fingerprint density at radius 1 is 1.20 bits per heavy atom. The van der Waals surface area contributed by atoms with Crippen LogP contribution >= 0.6 is 11.8 Å². The highest BCUT2D eigenvalue weighted by Crippen LogP contribution is 2.15. The van der Waals surface area contributed by atoms with Crippen molar-refractivity contribution >= 4 is 17.6 Å². The molecule has 0 aliphatic heterocycles. The van der Waals surface area contributed by atoms with Gasteiger partial charge in [-0.25, -0.2) is 4.98 Å². The van der Waals surface area contributed by atoms with Crippen LogP contribution in [0.2, 0.25) is 0 Å². The topological polar surface area (TPSA) is 45.1 Å². The Kier molecular flexibility index (Phi) is 5.89. The maximum Gasteiger partial charge on any atom is 0.126 e. The van der Waals surface area contributed by atoms with Crippen molar-refractivity contribution in [3.8, 4) is 0 Å². The molecule has 0 saturated heterocycles. The lowest BCUT2D eigenvalue weighted by atomic mass is 10.1. The van der Waals surface area contributed by atoms with Gasteiger partial charge >= 0.3 is 0 Å². The fourth-order valence-corrected chi connectivity index (χ4v) is 2.62. The van der Waals surface area contributed by atoms with Gasteiger partial charge in [0, 0.05) is 24.2 Å². The van der Waals surface area contributed by atoms with Gasteiger partial charge in [0.2, 0.25) is 0 Å². The third kappa shape index (κ3) is 4.87. The molecule has 1 heterocycles. The van der Waals surface area contributed by atoms with Crippen LogP contribution in [-0.2, 0) is 12.3 Å². The zero-order valence-corrected chi connectivity index (χ0v) is 12.5. The molecule has 2 aromatic rings. The molecule has 0 spiro atoms. The molecule has 0 saturated carbocycles. The lowest BCUT2D eigenvalue weighted by molar-refractivity contribution is 0.322. The predicted octanol–water partition coefficient (Wildman–Crippen LogP) is 3.23. The molecule has 0 aliphatic rings. The Balaban J connectivity index is 1.91. The Morgan fingerprint density at radius 2 is 2.10 bits per heavy atom. The molecule has 1 aromatic heterocycles. The fraction of sp³-hybridized carbons (Fsp3) is 0.312. The maximum absolute atomic E-state index is 8.79. The molecule has 0 atom stereocenters. The van der Waals surface area contributed by atoms with E-state index in [1.807, 2.05) is 12.3 Å². The van der Waals surface area contributed by atoms with Crippen molar-refractivity contribution in [2.45, 2.75) is 19.2 Å².